The predicted octanol–water partition coefficient (Wildman–Crippen LogP) is 4.62. The maximum Gasteiger partial charge on any atom is 0.188 e. The summed E-state index contributed by atoms with van der Waals surface area (Å²) in [7, 11) is 1.49. The maximum absolute atomic E-state index is 13.7. The molecule has 27 heavy (non-hydrogen) atoms. The third-order valence-electron chi connectivity index (χ3n) is 4.93. The van der Waals surface area contributed by atoms with E-state index < -0.39 is 5.41 Å². The number of carbonyl (C=O) groups excluding carboxylic acids is 1. The number of Topliss-reactive ketones (excluding diaryl/α,β-unsaturated/α-hetero) is 1. The van der Waals surface area contributed by atoms with Crippen LogP contribution in [0.3, 0.4) is 0 Å². The summed E-state index contributed by atoms with van der Waals surface area (Å²) in [6.45, 7) is 0.0931. The van der Waals surface area contributed by atoms with Crippen LogP contribution in [0.4, 0.5) is 0 Å². The molecule has 0 radical (unpaired) electrons. The number of hydrogen-bond acceptors (Lipinski definition) is 4. The Morgan fingerprint density at radius 2 is 1.78 bits per heavy atom. The molecule has 0 saturated heterocycles. The number of halogens is 1. The number of rotatable bonds is 3. The van der Waals surface area contributed by atoms with Gasteiger partial charge in [-0.15, -0.1) is 0 Å². The average Bonchev–Trinajstić information content (AvgIpc) is 2.68. The van der Waals surface area contributed by atoms with Gasteiger partial charge in [-0.1, -0.05) is 54.1 Å². The van der Waals surface area contributed by atoms with Crippen LogP contribution in [0.1, 0.15) is 21.5 Å². The highest BCUT2D eigenvalue weighted by atomic mass is 35.5. The zero-order chi connectivity index (χ0) is 19.0. The highest BCUT2D eigenvalue weighted by Crippen LogP contribution is 2.46. The lowest BCUT2D eigenvalue weighted by Crippen LogP contribution is -2.46. The number of fused-ring (bicyclic) bond motifs is 1. The number of aromatic hydroxyl groups is 1. The number of methoxy groups -OCH3 is 1. The van der Waals surface area contributed by atoms with Crippen molar-refractivity contribution in [2.24, 2.45) is 0 Å². The molecule has 0 fully saturated rings. The van der Waals surface area contributed by atoms with Gasteiger partial charge in [0.1, 0.15) is 34.8 Å². The molecule has 4 rings (SSSR count). The quantitative estimate of drug-likeness (QED) is 0.720. The Morgan fingerprint density at radius 1 is 1.04 bits per heavy atom. The molecule has 4 nitrogen and oxygen atoms in total. The number of phenolic OH excluding ortho intramolecular Hbond substituents is 1. The lowest BCUT2D eigenvalue weighted by Gasteiger charge is -2.37. The Labute approximate surface area is 161 Å². The zero-order valence-electron chi connectivity index (χ0n) is 14.6. The van der Waals surface area contributed by atoms with Gasteiger partial charge in [0.2, 0.25) is 0 Å². The van der Waals surface area contributed by atoms with Gasteiger partial charge in [0, 0.05) is 17.2 Å². The van der Waals surface area contributed by atoms with E-state index in [-0.39, 0.29) is 23.7 Å². The number of benzene rings is 3. The molecular formula is C22H17ClO4. The summed E-state index contributed by atoms with van der Waals surface area (Å²) in [5, 5.41) is 11.0. The average molecular weight is 381 g/mol. The zero-order valence-corrected chi connectivity index (χ0v) is 15.4. The highest BCUT2D eigenvalue weighted by Gasteiger charge is 2.48. The summed E-state index contributed by atoms with van der Waals surface area (Å²) in [4.78, 5) is 13.7. The second-order valence-electron chi connectivity index (χ2n) is 6.42. The van der Waals surface area contributed by atoms with Crippen LogP contribution in [0.15, 0.2) is 66.7 Å². The number of ketones is 1. The normalized spacial score (nSPS) is 18.5. The van der Waals surface area contributed by atoms with Crippen molar-refractivity contribution in [3.63, 3.8) is 0 Å². The van der Waals surface area contributed by atoms with Crippen molar-refractivity contribution in [2.75, 3.05) is 13.7 Å². The first-order valence-electron chi connectivity index (χ1n) is 8.46. The SMILES string of the molecule is COc1cc(O)c2c(c1)OCC(c1ccccc1)(c1cccc(Cl)c1)C2=O. The van der Waals surface area contributed by atoms with Gasteiger partial charge in [0.15, 0.2) is 5.78 Å². The Balaban J connectivity index is 1.98. The van der Waals surface area contributed by atoms with Crippen molar-refractivity contribution >= 4 is 17.4 Å². The Kier molecular flexibility index (Phi) is 4.28. The van der Waals surface area contributed by atoms with Crippen LogP contribution in [-0.2, 0) is 5.41 Å². The standard InChI is InChI=1S/C22H17ClO4/c1-26-17-11-18(24)20-19(12-17)27-13-22(21(20)25,14-6-3-2-4-7-14)15-8-5-9-16(23)10-15/h2-12,24H,13H2,1H3. The van der Waals surface area contributed by atoms with Crippen molar-refractivity contribution in [1.82, 2.24) is 0 Å². The molecule has 5 heteroatoms. The molecule has 1 heterocycles. The van der Waals surface area contributed by atoms with Crippen LogP contribution >= 0.6 is 11.6 Å². The fraction of sp³-hybridized carbons (Fsp3) is 0.136. The summed E-state index contributed by atoms with van der Waals surface area (Å²) in [5.41, 5.74) is 0.529. The van der Waals surface area contributed by atoms with E-state index in [1.165, 1.54) is 13.2 Å². The van der Waals surface area contributed by atoms with Gasteiger partial charge in [0.05, 0.1) is 7.11 Å². The minimum atomic E-state index is -1.11. The van der Waals surface area contributed by atoms with Gasteiger partial charge in [0.25, 0.3) is 0 Å². The first-order valence-corrected chi connectivity index (χ1v) is 8.84. The van der Waals surface area contributed by atoms with Crippen LogP contribution in [0.2, 0.25) is 5.02 Å². The lowest BCUT2D eigenvalue weighted by molar-refractivity contribution is 0.0813. The molecule has 1 N–H and O–H groups in total. The van der Waals surface area contributed by atoms with E-state index in [4.69, 9.17) is 21.1 Å². The van der Waals surface area contributed by atoms with Gasteiger partial charge >= 0.3 is 0 Å². The van der Waals surface area contributed by atoms with Crippen molar-refractivity contribution < 1.29 is 19.4 Å². The van der Waals surface area contributed by atoms with E-state index in [9.17, 15) is 9.90 Å². The minimum absolute atomic E-state index is 0.0931. The lowest BCUT2D eigenvalue weighted by atomic mass is 9.68. The molecule has 1 unspecified atom stereocenters. The summed E-state index contributed by atoms with van der Waals surface area (Å²) in [5.74, 6) is 0.327. The van der Waals surface area contributed by atoms with Crippen LogP contribution < -0.4 is 9.47 Å². The number of carbonyl (C=O) groups is 1. The van der Waals surface area contributed by atoms with E-state index in [1.807, 2.05) is 36.4 Å². The molecular weight excluding hydrogens is 364 g/mol. The maximum atomic E-state index is 13.7. The third kappa shape index (κ3) is 2.73. The van der Waals surface area contributed by atoms with Gasteiger partial charge in [-0.2, -0.15) is 0 Å². The van der Waals surface area contributed by atoms with Crippen LogP contribution in [0.5, 0.6) is 17.2 Å². The highest BCUT2D eigenvalue weighted by molar-refractivity contribution is 6.30. The molecule has 0 bridgehead atoms. The summed E-state index contributed by atoms with van der Waals surface area (Å²) in [6, 6.07) is 19.6. The molecule has 0 spiro atoms. The Bertz CT molecular complexity index is 1020. The van der Waals surface area contributed by atoms with Gasteiger partial charge in [-0.3, -0.25) is 4.79 Å². The van der Waals surface area contributed by atoms with E-state index in [0.717, 1.165) is 5.56 Å². The number of ether oxygens (including phenoxy) is 2. The molecule has 1 atom stereocenters. The topological polar surface area (TPSA) is 55.8 Å². The monoisotopic (exact) mass is 380 g/mol. The fourth-order valence-corrected chi connectivity index (χ4v) is 3.76. The molecule has 0 amide bonds. The Hall–Kier alpha value is -2.98. The largest absolute Gasteiger partial charge is 0.507 e. The number of phenols is 1. The molecule has 3 aromatic carbocycles. The van der Waals surface area contributed by atoms with E-state index in [0.29, 0.717) is 22.1 Å². The minimum Gasteiger partial charge on any atom is -0.507 e. The van der Waals surface area contributed by atoms with Crippen molar-refractivity contribution in [1.29, 1.82) is 0 Å². The van der Waals surface area contributed by atoms with Crippen LogP contribution in [-0.4, -0.2) is 24.6 Å². The van der Waals surface area contributed by atoms with Crippen LogP contribution in [0.25, 0.3) is 0 Å². The second kappa shape index (κ2) is 6.63. The van der Waals surface area contributed by atoms with Gasteiger partial charge < -0.3 is 14.6 Å². The molecule has 1 aliphatic heterocycles. The molecule has 0 aromatic heterocycles. The van der Waals surface area contributed by atoms with Crippen molar-refractivity contribution in [3.8, 4) is 17.2 Å². The molecule has 0 aliphatic carbocycles. The van der Waals surface area contributed by atoms with Gasteiger partial charge in [-0.25, -0.2) is 0 Å². The van der Waals surface area contributed by atoms with Crippen LogP contribution in [0, 0.1) is 0 Å². The summed E-state index contributed by atoms with van der Waals surface area (Å²) < 4.78 is 11.1. The number of hydrogen-bond donors (Lipinski definition) is 1. The van der Waals surface area contributed by atoms with E-state index >= 15 is 0 Å². The fourth-order valence-electron chi connectivity index (χ4n) is 3.57. The third-order valence-corrected chi connectivity index (χ3v) is 5.17. The van der Waals surface area contributed by atoms with Crippen molar-refractivity contribution in [2.45, 2.75) is 5.41 Å². The summed E-state index contributed by atoms with van der Waals surface area (Å²) >= 11 is 6.21. The predicted molar refractivity (Wildman–Crippen MR) is 103 cm³/mol. The van der Waals surface area contributed by atoms with E-state index in [1.54, 1.807) is 24.3 Å². The molecule has 136 valence electrons. The molecule has 1 aliphatic rings. The molecule has 0 saturated carbocycles. The molecule has 3 aromatic rings. The van der Waals surface area contributed by atoms with Crippen molar-refractivity contribution in [3.05, 3.63) is 88.4 Å². The summed E-state index contributed by atoms with van der Waals surface area (Å²) in [6.07, 6.45) is 0. The van der Waals surface area contributed by atoms with Gasteiger partial charge in [-0.05, 0) is 23.3 Å². The Morgan fingerprint density at radius 3 is 2.48 bits per heavy atom. The smallest absolute Gasteiger partial charge is 0.188 e. The first kappa shape index (κ1) is 17.4. The van der Waals surface area contributed by atoms with E-state index in [2.05, 4.69) is 0 Å². The first-order chi connectivity index (χ1) is 13.1. The second-order valence-corrected chi connectivity index (χ2v) is 6.86.